The van der Waals surface area contributed by atoms with Crippen molar-refractivity contribution < 1.29 is 5.11 Å². The topological polar surface area (TPSA) is 51.6 Å². The lowest BCUT2D eigenvalue weighted by Crippen LogP contribution is -2.52. The monoisotopic (exact) mass is 464 g/mol. The van der Waals surface area contributed by atoms with Crippen LogP contribution in [0.1, 0.15) is 77.3 Å². The van der Waals surface area contributed by atoms with Crippen molar-refractivity contribution in [2.45, 2.75) is 77.0 Å². The first-order valence-corrected chi connectivity index (χ1v) is 13.3. The molecule has 2 aromatic rings. The molecule has 1 aliphatic heterocycles. The molecule has 2 heterocycles. The summed E-state index contributed by atoms with van der Waals surface area (Å²) in [6.07, 6.45) is 6.86. The number of nitrogens with zero attached hydrogens (tertiary/aromatic N) is 3. The fourth-order valence-electron chi connectivity index (χ4n) is 5.43. The highest BCUT2D eigenvalue weighted by Gasteiger charge is 2.37. The average molecular weight is 465 g/mol. The summed E-state index contributed by atoms with van der Waals surface area (Å²) in [5.74, 6) is 1.08. The van der Waals surface area contributed by atoms with Crippen LogP contribution in [0.25, 0.3) is 11.3 Å². The highest BCUT2D eigenvalue weighted by molar-refractivity contribution is 5.65. The molecule has 1 aliphatic carbocycles. The maximum atomic E-state index is 8.88. The van der Waals surface area contributed by atoms with Gasteiger partial charge in [0.05, 0.1) is 5.69 Å². The van der Waals surface area contributed by atoms with Gasteiger partial charge in [0.1, 0.15) is 5.82 Å². The van der Waals surface area contributed by atoms with Gasteiger partial charge in [-0.25, -0.2) is 9.99 Å². The number of hydrazine groups is 1. The molecule has 5 nitrogen and oxygen atoms in total. The van der Waals surface area contributed by atoms with E-state index < -0.39 is 0 Å². The van der Waals surface area contributed by atoms with Crippen molar-refractivity contribution in [1.82, 2.24) is 15.4 Å². The number of hydrogen-bond acceptors (Lipinski definition) is 5. The van der Waals surface area contributed by atoms with Gasteiger partial charge in [0.2, 0.25) is 0 Å². The molecule has 186 valence electrons. The molecule has 1 fully saturated rings. The van der Waals surface area contributed by atoms with E-state index >= 15 is 0 Å². The minimum Gasteiger partial charge on any atom is -0.396 e. The van der Waals surface area contributed by atoms with Crippen molar-refractivity contribution in [1.29, 1.82) is 0 Å². The lowest BCUT2D eigenvalue weighted by atomic mass is 9.63. The molecule has 5 heteroatoms. The fraction of sp³-hybridized carbons (Fsp3) is 0.621. The van der Waals surface area contributed by atoms with Gasteiger partial charge in [0.15, 0.2) is 0 Å². The van der Waals surface area contributed by atoms with Crippen molar-refractivity contribution in [2.75, 3.05) is 44.2 Å². The molecule has 0 atom stereocenters. The first kappa shape index (κ1) is 25.2. The van der Waals surface area contributed by atoms with E-state index in [0.29, 0.717) is 6.61 Å². The van der Waals surface area contributed by atoms with E-state index in [1.807, 2.05) is 0 Å². The molecule has 0 unspecified atom stereocenters. The predicted molar refractivity (Wildman–Crippen MR) is 142 cm³/mol. The SMILES string of the molecule is CC1(C)CCC(C)(C)c2cc(-c3cccc(N4CCN(NCCCCCCO)CC4)n3)ccc21. The second kappa shape index (κ2) is 10.8. The maximum Gasteiger partial charge on any atom is 0.129 e. The summed E-state index contributed by atoms with van der Waals surface area (Å²) in [6.45, 7) is 14.8. The van der Waals surface area contributed by atoms with E-state index in [2.05, 4.69) is 79.4 Å². The number of fused-ring (bicyclic) bond motifs is 1. The Balaban J connectivity index is 1.39. The van der Waals surface area contributed by atoms with E-state index in [-0.39, 0.29) is 10.8 Å². The summed E-state index contributed by atoms with van der Waals surface area (Å²) in [6, 6.07) is 13.5. The Morgan fingerprint density at radius 3 is 2.29 bits per heavy atom. The zero-order chi connectivity index (χ0) is 24.2. The number of nitrogens with one attached hydrogen (secondary N) is 1. The summed E-state index contributed by atoms with van der Waals surface area (Å²) in [5.41, 5.74) is 9.32. The van der Waals surface area contributed by atoms with Crippen molar-refractivity contribution in [3.8, 4) is 11.3 Å². The zero-order valence-corrected chi connectivity index (χ0v) is 21.7. The number of aliphatic hydroxyl groups excluding tert-OH is 1. The predicted octanol–water partition coefficient (Wildman–Crippen LogP) is 5.28. The highest BCUT2D eigenvalue weighted by atomic mass is 16.2. The first-order chi connectivity index (χ1) is 16.3. The Morgan fingerprint density at radius 2 is 1.56 bits per heavy atom. The van der Waals surface area contributed by atoms with E-state index in [1.54, 1.807) is 0 Å². The van der Waals surface area contributed by atoms with Gasteiger partial charge in [-0.2, -0.15) is 0 Å². The van der Waals surface area contributed by atoms with Gasteiger partial charge in [-0.05, 0) is 65.8 Å². The van der Waals surface area contributed by atoms with Gasteiger partial charge in [-0.3, -0.25) is 5.43 Å². The molecular formula is C29H44N4O. The Bertz CT molecular complexity index is 947. The first-order valence-electron chi connectivity index (χ1n) is 13.3. The van der Waals surface area contributed by atoms with Gasteiger partial charge in [-0.15, -0.1) is 0 Å². The standard InChI is InChI=1S/C29H44N4O/c1-28(2)14-15-29(3,4)25-22-23(12-13-24(25)28)26-10-9-11-27(31-26)32-17-19-33(20-18-32)30-16-7-5-6-8-21-34/h9-13,22,30,34H,5-8,14-21H2,1-4H3. The fourth-order valence-corrected chi connectivity index (χ4v) is 5.43. The Morgan fingerprint density at radius 1 is 0.853 bits per heavy atom. The molecule has 1 saturated heterocycles. The summed E-state index contributed by atoms with van der Waals surface area (Å²) in [7, 11) is 0. The third kappa shape index (κ3) is 5.81. The Kier molecular flexibility index (Phi) is 7.96. The van der Waals surface area contributed by atoms with Crippen LogP contribution in [-0.4, -0.2) is 54.4 Å². The summed E-state index contributed by atoms with van der Waals surface area (Å²) in [5, 5.41) is 11.2. The van der Waals surface area contributed by atoms with Crippen LogP contribution in [0.5, 0.6) is 0 Å². The number of anilines is 1. The number of unbranched alkanes of at least 4 members (excludes halogenated alkanes) is 3. The molecule has 0 radical (unpaired) electrons. The molecule has 0 saturated carbocycles. The number of benzene rings is 1. The molecule has 0 bridgehead atoms. The molecular weight excluding hydrogens is 420 g/mol. The number of rotatable bonds is 9. The summed E-state index contributed by atoms with van der Waals surface area (Å²) in [4.78, 5) is 7.51. The third-order valence-corrected chi connectivity index (χ3v) is 7.91. The van der Waals surface area contributed by atoms with Gasteiger partial charge >= 0.3 is 0 Å². The van der Waals surface area contributed by atoms with Gasteiger partial charge < -0.3 is 10.0 Å². The van der Waals surface area contributed by atoms with Crippen molar-refractivity contribution in [3.05, 3.63) is 47.5 Å². The van der Waals surface area contributed by atoms with E-state index in [0.717, 1.165) is 57.1 Å². The zero-order valence-electron chi connectivity index (χ0n) is 21.7. The van der Waals surface area contributed by atoms with Crippen LogP contribution in [0, 0.1) is 0 Å². The van der Waals surface area contributed by atoms with Gasteiger partial charge in [0.25, 0.3) is 0 Å². The molecule has 1 aromatic heterocycles. The molecule has 1 aromatic carbocycles. The highest BCUT2D eigenvalue weighted by Crippen LogP contribution is 2.46. The maximum absolute atomic E-state index is 8.88. The molecule has 34 heavy (non-hydrogen) atoms. The minimum atomic E-state index is 0.209. The molecule has 0 spiro atoms. The summed E-state index contributed by atoms with van der Waals surface area (Å²) >= 11 is 0. The van der Waals surface area contributed by atoms with Crippen molar-refractivity contribution in [3.63, 3.8) is 0 Å². The van der Waals surface area contributed by atoms with Crippen LogP contribution in [0.4, 0.5) is 5.82 Å². The smallest absolute Gasteiger partial charge is 0.129 e. The number of aromatic nitrogens is 1. The van der Waals surface area contributed by atoms with Gasteiger partial charge in [0, 0.05) is 44.9 Å². The Hall–Kier alpha value is -1.95. The molecule has 2 aliphatic rings. The number of aliphatic hydroxyl groups is 1. The van der Waals surface area contributed by atoms with Crippen LogP contribution in [0.3, 0.4) is 0 Å². The van der Waals surface area contributed by atoms with Crippen LogP contribution in [-0.2, 0) is 10.8 Å². The largest absolute Gasteiger partial charge is 0.396 e. The average Bonchev–Trinajstić information content (AvgIpc) is 2.84. The van der Waals surface area contributed by atoms with E-state index in [9.17, 15) is 0 Å². The second-order valence-corrected chi connectivity index (χ2v) is 11.4. The quantitative estimate of drug-likeness (QED) is 0.495. The van der Waals surface area contributed by atoms with Crippen molar-refractivity contribution >= 4 is 5.82 Å². The molecule has 4 rings (SSSR count). The van der Waals surface area contributed by atoms with Crippen molar-refractivity contribution in [2.24, 2.45) is 0 Å². The summed E-state index contributed by atoms with van der Waals surface area (Å²) < 4.78 is 0. The molecule has 0 amide bonds. The van der Waals surface area contributed by atoms with E-state index in [1.165, 1.54) is 42.4 Å². The van der Waals surface area contributed by atoms with Gasteiger partial charge in [-0.1, -0.05) is 58.7 Å². The number of piperazine rings is 1. The number of pyridine rings is 1. The lowest BCUT2D eigenvalue weighted by Gasteiger charge is -2.42. The second-order valence-electron chi connectivity index (χ2n) is 11.4. The molecule has 2 N–H and O–H groups in total. The number of hydrogen-bond donors (Lipinski definition) is 2. The normalized spacial score (nSPS) is 19.7. The van der Waals surface area contributed by atoms with E-state index in [4.69, 9.17) is 10.1 Å². The Labute approximate surface area is 206 Å². The van der Waals surface area contributed by atoms with Crippen LogP contribution >= 0.6 is 0 Å². The van der Waals surface area contributed by atoms with Crippen LogP contribution in [0.2, 0.25) is 0 Å². The van der Waals surface area contributed by atoms with Crippen LogP contribution in [0.15, 0.2) is 36.4 Å². The minimum absolute atomic E-state index is 0.209. The van der Waals surface area contributed by atoms with Crippen LogP contribution < -0.4 is 10.3 Å². The third-order valence-electron chi connectivity index (χ3n) is 7.91. The lowest BCUT2D eigenvalue weighted by molar-refractivity contribution is 0.174.